The number of carbonyl (C=O) groups is 1. The van der Waals surface area contributed by atoms with Crippen LogP contribution in [0.2, 0.25) is 0 Å². The van der Waals surface area contributed by atoms with Crippen LogP contribution in [0.1, 0.15) is 51.4 Å². The van der Waals surface area contributed by atoms with Crippen molar-refractivity contribution in [3.63, 3.8) is 0 Å². The van der Waals surface area contributed by atoms with Crippen molar-refractivity contribution in [3.05, 3.63) is 12.4 Å². The predicted molar refractivity (Wildman–Crippen MR) is 93.8 cm³/mol. The Balaban J connectivity index is 1.54. The molecule has 0 atom stereocenters. The van der Waals surface area contributed by atoms with Crippen molar-refractivity contribution in [2.75, 3.05) is 23.7 Å². The number of nitrogens with one attached hydrogen (secondary N) is 1. The molecule has 1 aliphatic heterocycles. The van der Waals surface area contributed by atoms with E-state index in [0.717, 1.165) is 36.8 Å². The minimum atomic E-state index is 0.122. The minimum absolute atomic E-state index is 0.122. The summed E-state index contributed by atoms with van der Waals surface area (Å²) < 4.78 is 0. The molecule has 1 aromatic rings. The van der Waals surface area contributed by atoms with E-state index >= 15 is 0 Å². The van der Waals surface area contributed by atoms with Crippen LogP contribution in [-0.2, 0) is 4.79 Å². The van der Waals surface area contributed by atoms with E-state index in [9.17, 15) is 4.79 Å². The molecule has 1 N–H and O–H groups in total. The van der Waals surface area contributed by atoms with Gasteiger partial charge in [0.25, 0.3) is 0 Å². The Hall–Kier alpha value is -1.30. The van der Waals surface area contributed by atoms with E-state index in [0.29, 0.717) is 11.8 Å². The Morgan fingerprint density at radius 3 is 2.57 bits per heavy atom. The van der Waals surface area contributed by atoms with Gasteiger partial charge < -0.3 is 10.2 Å². The molecule has 0 aromatic carbocycles. The normalized spacial score (nSPS) is 19.6. The van der Waals surface area contributed by atoms with Crippen LogP contribution < -0.4 is 10.2 Å². The van der Waals surface area contributed by atoms with Gasteiger partial charge in [-0.25, -0.2) is 9.97 Å². The van der Waals surface area contributed by atoms with Crippen LogP contribution in [0.25, 0.3) is 0 Å². The second kappa shape index (κ2) is 8.52. The molecule has 1 saturated carbocycles. The SMILES string of the molecule is O=C(CSc1nccnc1N1CCCCC1)NC1CCCCC1. The number of hydrogen-bond donors (Lipinski definition) is 1. The number of piperidine rings is 1. The van der Waals surface area contributed by atoms with E-state index in [4.69, 9.17) is 0 Å². The number of aromatic nitrogens is 2. The Bertz CT molecular complexity index is 513. The van der Waals surface area contributed by atoms with Crippen LogP contribution >= 0.6 is 11.8 Å². The summed E-state index contributed by atoms with van der Waals surface area (Å²) >= 11 is 1.51. The number of anilines is 1. The Kier molecular flexibility index (Phi) is 6.13. The van der Waals surface area contributed by atoms with Crippen molar-refractivity contribution < 1.29 is 4.79 Å². The fraction of sp³-hybridized carbons (Fsp3) is 0.706. The lowest BCUT2D eigenvalue weighted by Gasteiger charge is -2.28. The van der Waals surface area contributed by atoms with E-state index in [1.54, 1.807) is 12.4 Å². The summed E-state index contributed by atoms with van der Waals surface area (Å²) in [6.07, 6.45) is 13.2. The molecule has 0 radical (unpaired) electrons. The third kappa shape index (κ3) is 4.83. The van der Waals surface area contributed by atoms with Crippen molar-refractivity contribution in [1.29, 1.82) is 0 Å². The first-order chi connectivity index (χ1) is 11.3. The monoisotopic (exact) mass is 334 g/mol. The Morgan fingerprint density at radius 1 is 1.09 bits per heavy atom. The fourth-order valence-corrected chi connectivity index (χ4v) is 4.19. The zero-order valence-corrected chi connectivity index (χ0v) is 14.5. The Labute approximate surface area is 142 Å². The predicted octanol–water partition coefficient (Wildman–Crippen LogP) is 3.01. The summed E-state index contributed by atoms with van der Waals surface area (Å²) in [5, 5.41) is 4.05. The number of nitrogens with zero attached hydrogens (tertiary/aromatic N) is 3. The average molecular weight is 334 g/mol. The second-order valence-corrected chi connectivity index (χ2v) is 7.39. The van der Waals surface area contributed by atoms with Gasteiger partial charge in [0.15, 0.2) is 5.82 Å². The molecular weight excluding hydrogens is 308 g/mol. The molecule has 23 heavy (non-hydrogen) atoms. The molecule has 6 heteroatoms. The van der Waals surface area contributed by atoms with Crippen LogP contribution in [0.3, 0.4) is 0 Å². The highest BCUT2D eigenvalue weighted by molar-refractivity contribution is 8.00. The highest BCUT2D eigenvalue weighted by Gasteiger charge is 2.19. The molecule has 1 amide bonds. The van der Waals surface area contributed by atoms with Crippen LogP contribution in [0.5, 0.6) is 0 Å². The quantitative estimate of drug-likeness (QED) is 0.839. The van der Waals surface area contributed by atoms with Crippen LogP contribution in [-0.4, -0.2) is 40.8 Å². The van der Waals surface area contributed by atoms with Gasteiger partial charge in [-0.3, -0.25) is 4.79 Å². The number of thioether (sulfide) groups is 1. The maximum absolute atomic E-state index is 12.2. The first kappa shape index (κ1) is 16.6. The van der Waals surface area contributed by atoms with Gasteiger partial charge in [-0.05, 0) is 32.1 Å². The summed E-state index contributed by atoms with van der Waals surface area (Å²) in [5.74, 6) is 1.50. The number of carbonyl (C=O) groups excluding carboxylic acids is 1. The number of hydrogen-bond acceptors (Lipinski definition) is 5. The van der Waals surface area contributed by atoms with Crippen molar-refractivity contribution in [2.45, 2.75) is 62.4 Å². The van der Waals surface area contributed by atoms with E-state index in [1.165, 1.54) is 50.3 Å². The van der Waals surface area contributed by atoms with E-state index in [2.05, 4.69) is 20.2 Å². The largest absolute Gasteiger partial charge is 0.354 e. The van der Waals surface area contributed by atoms with Crippen molar-refractivity contribution >= 4 is 23.5 Å². The van der Waals surface area contributed by atoms with Crippen molar-refractivity contribution in [3.8, 4) is 0 Å². The molecule has 1 aromatic heterocycles. The molecule has 1 aliphatic carbocycles. The second-order valence-electron chi connectivity index (χ2n) is 6.42. The first-order valence-electron chi connectivity index (χ1n) is 8.81. The van der Waals surface area contributed by atoms with Gasteiger partial charge in [0.2, 0.25) is 5.91 Å². The lowest BCUT2D eigenvalue weighted by Crippen LogP contribution is -2.37. The molecule has 0 unspecified atom stereocenters. The average Bonchev–Trinajstić information content (AvgIpc) is 2.62. The lowest BCUT2D eigenvalue weighted by atomic mass is 9.95. The van der Waals surface area contributed by atoms with Crippen molar-refractivity contribution in [1.82, 2.24) is 15.3 Å². The zero-order valence-electron chi connectivity index (χ0n) is 13.7. The number of amides is 1. The third-order valence-electron chi connectivity index (χ3n) is 4.61. The van der Waals surface area contributed by atoms with Crippen molar-refractivity contribution in [2.24, 2.45) is 0 Å². The van der Waals surface area contributed by atoms with Gasteiger partial charge in [-0.2, -0.15) is 0 Å². The fourth-order valence-electron chi connectivity index (χ4n) is 3.39. The smallest absolute Gasteiger partial charge is 0.230 e. The first-order valence-corrected chi connectivity index (χ1v) is 9.79. The van der Waals surface area contributed by atoms with Crippen LogP contribution in [0.15, 0.2) is 17.4 Å². The molecule has 1 saturated heterocycles. The highest BCUT2D eigenvalue weighted by atomic mass is 32.2. The summed E-state index contributed by atoms with van der Waals surface area (Å²) in [7, 11) is 0. The Morgan fingerprint density at radius 2 is 1.78 bits per heavy atom. The topological polar surface area (TPSA) is 58.1 Å². The third-order valence-corrected chi connectivity index (χ3v) is 5.58. The zero-order chi connectivity index (χ0) is 15.9. The van der Waals surface area contributed by atoms with Gasteiger partial charge in [-0.15, -0.1) is 0 Å². The molecule has 126 valence electrons. The standard InChI is InChI=1S/C17H26N4OS/c22-15(20-14-7-3-1-4-8-14)13-23-17-16(18-9-10-19-17)21-11-5-2-6-12-21/h9-10,14H,1-8,11-13H2,(H,20,22). The summed E-state index contributed by atoms with van der Waals surface area (Å²) in [6, 6.07) is 0.375. The maximum atomic E-state index is 12.2. The lowest BCUT2D eigenvalue weighted by molar-refractivity contribution is -0.119. The van der Waals surface area contributed by atoms with Gasteiger partial charge in [0.05, 0.1) is 5.75 Å². The molecular formula is C17H26N4OS. The van der Waals surface area contributed by atoms with Crippen LogP contribution in [0, 0.1) is 0 Å². The summed E-state index contributed by atoms with van der Waals surface area (Å²) in [4.78, 5) is 23.4. The maximum Gasteiger partial charge on any atom is 0.230 e. The molecule has 2 heterocycles. The van der Waals surface area contributed by atoms with E-state index in [1.807, 2.05) is 0 Å². The van der Waals surface area contributed by atoms with E-state index in [-0.39, 0.29) is 5.91 Å². The summed E-state index contributed by atoms with van der Waals surface area (Å²) in [5.41, 5.74) is 0. The molecule has 0 bridgehead atoms. The molecule has 2 fully saturated rings. The molecule has 0 spiro atoms. The molecule has 3 rings (SSSR count). The number of rotatable bonds is 5. The van der Waals surface area contributed by atoms with Gasteiger partial charge in [0.1, 0.15) is 5.03 Å². The van der Waals surface area contributed by atoms with Gasteiger partial charge >= 0.3 is 0 Å². The van der Waals surface area contributed by atoms with E-state index < -0.39 is 0 Å². The minimum Gasteiger partial charge on any atom is -0.354 e. The van der Waals surface area contributed by atoms with Crippen LogP contribution in [0.4, 0.5) is 5.82 Å². The van der Waals surface area contributed by atoms with Gasteiger partial charge in [0, 0.05) is 31.5 Å². The summed E-state index contributed by atoms with van der Waals surface area (Å²) in [6.45, 7) is 2.08. The van der Waals surface area contributed by atoms with Gasteiger partial charge in [-0.1, -0.05) is 31.0 Å². The highest BCUT2D eigenvalue weighted by Crippen LogP contribution is 2.28. The molecule has 2 aliphatic rings. The molecule has 5 nitrogen and oxygen atoms in total.